The number of nitrogens with one attached hydrogen (secondary N) is 1. The highest BCUT2D eigenvalue weighted by atomic mass is 16.5. The molecule has 2 aliphatic heterocycles. The lowest BCUT2D eigenvalue weighted by molar-refractivity contribution is -0.171. The molecule has 0 aromatic heterocycles. The van der Waals surface area contributed by atoms with E-state index in [1.165, 1.54) is 44.5 Å². The standard InChI is InChI=1S/C18H31N3O/c1-3-19-17(21-10-5-13(2)6-11-21)20-15-14-7-12-22-16(14)18(15)8-4-9-18/h13-16H,3-12H2,1-2H3,(H,19,20). The summed E-state index contributed by atoms with van der Waals surface area (Å²) >= 11 is 0. The molecule has 0 bridgehead atoms. The van der Waals surface area contributed by atoms with Crippen LogP contribution in [0.4, 0.5) is 0 Å². The molecule has 3 unspecified atom stereocenters. The average molecular weight is 305 g/mol. The van der Waals surface area contributed by atoms with Crippen molar-refractivity contribution in [2.24, 2.45) is 22.2 Å². The van der Waals surface area contributed by atoms with Gasteiger partial charge in [0, 0.05) is 43.6 Å². The van der Waals surface area contributed by atoms with Gasteiger partial charge in [0.25, 0.3) is 0 Å². The van der Waals surface area contributed by atoms with Crippen LogP contribution in [-0.2, 0) is 4.74 Å². The van der Waals surface area contributed by atoms with Crippen LogP contribution < -0.4 is 5.32 Å². The Balaban J connectivity index is 1.46. The zero-order valence-electron chi connectivity index (χ0n) is 14.2. The smallest absolute Gasteiger partial charge is 0.194 e. The maximum Gasteiger partial charge on any atom is 0.194 e. The lowest BCUT2D eigenvalue weighted by Gasteiger charge is -2.63. The van der Waals surface area contributed by atoms with E-state index in [2.05, 4.69) is 24.1 Å². The molecule has 0 aromatic rings. The number of ether oxygens (including phenoxy) is 1. The highest BCUT2D eigenvalue weighted by molar-refractivity contribution is 5.80. The van der Waals surface area contributed by atoms with E-state index in [1.54, 1.807) is 0 Å². The molecule has 4 rings (SSSR count). The molecule has 0 radical (unpaired) electrons. The predicted molar refractivity (Wildman–Crippen MR) is 89.0 cm³/mol. The van der Waals surface area contributed by atoms with Crippen LogP contribution in [0.2, 0.25) is 0 Å². The molecule has 2 saturated carbocycles. The van der Waals surface area contributed by atoms with Crippen molar-refractivity contribution in [2.45, 2.75) is 64.5 Å². The molecular formula is C18H31N3O. The molecule has 4 aliphatic rings. The van der Waals surface area contributed by atoms with Gasteiger partial charge in [-0.15, -0.1) is 0 Å². The van der Waals surface area contributed by atoms with Gasteiger partial charge >= 0.3 is 0 Å². The first-order chi connectivity index (χ1) is 10.7. The van der Waals surface area contributed by atoms with Crippen LogP contribution in [0.25, 0.3) is 0 Å². The molecular weight excluding hydrogens is 274 g/mol. The van der Waals surface area contributed by atoms with E-state index in [1.807, 2.05) is 0 Å². The summed E-state index contributed by atoms with van der Waals surface area (Å²) in [6.07, 6.45) is 8.46. The highest BCUT2D eigenvalue weighted by Gasteiger charge is 2.66. The molecule has 2 saturated heterocycles. The van der Waals surface area contributed by atoms with Crippen molar-refractivity contribution in [3.8, 4) is 0 Å². The van der Waals surface area contributed by atoms with Gasteiger partial charge in [-0.2, -0.15) is 0 Å². The number of aliphatic imine (C=N–C) groups is 1. The number of fused-ring (bicyclic) bond motifs is 2. The summed E-state index contributed by atoms with van der Waals surface area (Å²) in [5.41, 5.74) is 0.443. The molecule has 0 aromatic carbocycles. The van der Waals surface area contributed by atoms with Crippen LogP contribution in [0, 0.1) is 17.3 Å². The second-order valence-electron chi connectivity index (χ2n) is 7.92. The van der Waals surface area contributed by atoms with Crippen LogP contribution in [0.3, 0.4) is 0 Å². The molecule has 4 nitrogen and oxygen atoms in total. The van der Waals surface area contributed by atoms with Gasteiger partial charge < -0.3 is 15.0 Å². The summed E-state index contributed by atoms with van der Waals surface area (Å²) in [6.45, 7) is 8.69. The minimum absolute atomic E-state index is 0.443. The van der Waals surface area contributed by atoms with Crippen LogP contribution >= 0.6 is 0 Å². The summed E-state index contributed by atoms with van der Waals surface area (Å²) in [6, 6.07) is 0.610. The Morgan fingerprint density at radius 2 is 2.05 bits per heavy atom. The molecule has 4 fully saturated rings. The normalized spacial score (nSPS) is 37.6. The van der Waals surface area contributed by atoms with E-state index in [9.17, 15) is 0 Å². The van der Waals surface area contributed by atoms with Crippen molar-refractivity contribution in [3.63, 3.8) is 0 Å². The molecule has 3 atom stereocenters. The zero-order valence-corrected chi connectivity index (χ0v) is 14.2. The maximum absolute atomic E-state index is 6.05. The molecule has 4 heteroatoms. The van der Waals surface area contributed by atoms with Gasteiger partial charge in [-0.25, -0.2) is 0 Å². The van der Waals surface area contributed by atoms with Crippen molar-refractivity contribution < 1.29 is 4.74 Å². The lowest BCUT2D eigenvalue weighted by Crippen LogP contribution is -2.72. The Morgan fingerprint density at radius 1 is 1.27 bits per heavy atom. The predicted octanol–water partition coefficient (Wildman–Crippen LogP) is 2.64. The molecule has 0 amide bonds. The monoisotopic (exact) mass is 305 g/mol. The Hall–Kier alpha value is -0.770. The Kier molecular flexibility index (Phi) is 3.83. The average Bonchev–Trinajstić information content (AvgIpc) is 2.88. The largest absolute Gasteiger partial charge is 0.377 e. The first-order valence-corrected chi connectivity index (χ1v) is 9.42. The Labute approximate surface area is 134 Å². The summed E-state index contributed by atoms with van der Waals surface area (Å²) in [7, 11) is 0. The first-order valence-electron chi connectivity index (χ1n) is 9.42. The van der Waals surface area contributed by atoms with Gasteiger partial charge in [0.2, 0.25) is 0 Å². The number of rotatable bonds is 2. The summed E-state index contributed by atoms with van der Waals surface area (Å²) in [5, 5.41) is 3.90. The minimum atomic E-state index is 0.443. The number of nitrogens with zero attached hydrogens (tertiary/aromatic N) is 2. The topological polar surface area (TPSA) is 36.9 Å². The van der Waals surface area contributed by atoms with Crippen molar-refractivity contribution >= 4 is 5.96 Å². The van der Waals surface area contributed by atoms with Gasteiger partial charge in [0.05, 0.1) is 6.10 Å². The molecule has 2 aliphatic carbocycles. The molecule has 2 heterocycles. The van der Waals surface area contributed by atoms with Gasteiger partial charge in [0.1, 0.15) is 0 Å². The third kappa shape index (κ3) is 2.17. The van der Waals surface area contributed by atoms with E-state index in [-0.39, 0.29) is 0 Å². The number of likely N-dealkylation sites (tertiary alicyclic amines) is 1. The van der Waals surface area contributed by atoms with Crippen molar-refractivity contribution in [2.75, 3.05) is 26.2 Å². The van der Waals surface area contributed by atoms with Crippen LogP contribution in [-0.4, -0.2) is 49.2 Å². The summed E-state index contributed by atoms with van der Waals surface area (Å²) in [4.78, 5) is 7.32. The fourth-order valence-electron chi connectivity index (χ4n) is 5.20. The SMILES string of the molecule is CCN=C(NC1C2CCOC2C12CCC2)N1CCC(C)CC1. The molecule has 124 valence electrons. The second kappa shape index (κ2) is 5.70. The summed E-state index contributed by atoms with van der Waals surface area (Å²) in [5.74, 6) is 2.77. The van der Waals surface area contributed by atoms with E-state index < -0.39 is 0 Å². The van der Waals surface area contributed by atoms with E-state index in [0.717, 1.165) is 38.1 Å². The van der Waals surface area contributed by atoms with Crippen molar-refractivity contribution in [1.29, 1.82) is 0 Å². The first kappa shape index (κ1) is 14.8. The number of hydrogen-bond acceptors (Lipinski definition) is 2. The van der Waals surface area contributed by atoms with Crippen LogP contribution in [0.15, 0.2) is 4.99 Å². The fourth-order valence-corrected chi connectivity index (χ4v) is 5.20. The van der Waals surface area contributed by atoms with Gasteiger partial charge in [0.15, 0.2) is 5.96 Å². The number of guanidine groups is 1. The van der Waals surface area contributed by atoms with Gasteiger partial charge in [-0.1, -0.05) is 13.3 Å². The Bertz CT molecular complexity index is 438. The lowest BCUT2D eigenvalue weighted by atomic mass is 9.46. The third-order valence-electron chi connectivity index (χ3n) is 6.71. The number of hydrogen-bond donors (Lipinski definition) is 1. The van der Waals surface area contributed by atoms with Crippen molar-refractivity contribution in [3.05, 3.63) is 0 Å². The van der Waals surface area contributed by atoms with E-state index in [4.69, 9.17) is 9.73 Å². The minimum Gasteiger partial charge on any atom is -0.377 e. The van der Waals surface area contributed by atoms with Crippen LogP contribution in [0.5, 0.6) is 0 Å². The van der Waals surface area contributed by atoms with E-state index in [0.29, 0.717) is 17.6 Å². The van der Waals surface area contributed by atoms with E-state index >= 15 is 0 Å². The fraction of sp³-hybridized carbons (Fsp3) is 0.944. The maximum atomic E-state index is 6.05. The zero-order chi connectivity index (χ0) is 15.2. The van der Waals surface area contributed by atoms with Crippen molar-refractivity contribution in [1.82, 2.24) is 10.2 Å². The highest BCUT2D eigenvalue weighted by Crippen LogP contribution is 2.62. The summed E-state index contributed by atoms with van der Waals surface area (Å²) < 4.78 is 6.05. The third-order valence-corrected chi connectivity index (χ3v) is 6.71. The number of piperidine rings is 1. The Morgan fingerprint density at radius 3 is 2.68 bits per heavy atom. The van der Waals surface area contributed by atoms with Gasteiger partial charge in [-0.05, 0) is 44.9 Å². The molecule has 22 heavy (non-hydrogen) atoms. The quantitative estimate of drug-likeness (QED) is 0.629. The molecule has 1 spiro atoms. The second-order valence-corrected chi connectivity index (χ2v) is 7.92. The van der Waals surface area contributed by atoms with Gasteiger partial charge in [-0.3, -0.25) is 4.99 Å². The van der Waals surface area contributed by atoms with Crippen LogP contribution in [0.1, 0.15) is 52.4 Å². The molecule has 1 N–H and O–H groups in total.